The second-order valence-electron chi connectivity index (χ2n) is 10.9. The minimum Gasteiger partial charge on any atom is -0.497 e. The summed E-state index contributed by atoms with van der Waals surface area (Å²) in [6, 6.07) is 25.3. The van der Waals surface area contributed by atoms with Crippen molar-refractivity contribution < 1.29 is 14.3 Å². The quantitative estimate of drug-likeness (QED) is 0.181. The molecule has 0 aliphatic heterocycles. The van der Waals surface area contributed by atoms with Gasteiger partial charge in [-0.3, -0.25) is 19.3 Å². The molecule has 2 aromatic heterocycles. The van der Waals surface area contributed by atoms with E-state index in [2.05, 4.69) is 21.5 Å². The lowest BCUT2D eigenvalue weighted by Gasteiger charge is -2.22. The van der Waals surface area contributed by atoms with E-state index in [0.29, 0.717) is 24.2 Å². The SMILES string of the molecule is COc1ccc2cc([C@H](C)C(=O)NC(CCc3cccc(C(C)=O)c3)CCc3nc(-c4ccccn4)nn3C)ccc2c1. The van der Waals surface area contributed by atoms with E-state index in [1.807, 2.05) is 86.8 Å². The van der Waals surface area contributed by atoms with Crippen LogP contribution >= 0.6 is 0 Å². The van der Waals surface area contributed by atoms with Crippen molar-refractivity contribution >= 4 is 22.5 Å². The third kappa shape index (κ3) is 7.33. The predicted molar refractivity (Wildman–Crippen MR) is 168 cm³/mol. The summed E-state index contributed by atoms with van der Waals surface area (Å²) in [7, 11) is 3.54. The summed E-state index contributed by atoms with van der Waals surface area (Å²) in [4.78, 5) is 34.6. The lowest BCUT2D eigenvalue weighted by atomic mass is 9.95. The summed E-state index contributed by atoms with van der Waals surface area (Å²) in [5.74, 6) is 1.90. The molecular formula is C35H37N5O3. The number of carbonyl (C=O) groups excluding carboxylic acids is 2. The number of Topliss-reactive ketones (excluding diaryl/α,β-unsaturated/α-hetero) is 1. The first-order chi connectivity index (χ1) is 20.8. The van der Waals surface area contributed by atoms with Crippen LogP contribution in [0.5, 0.6) is 5.75 Å². The molecule has 0 bridgehead atoms. The Bertz CT molecular complexity index is 1730. The number of nitrogens with zero attached hydrogens (tertiary/aromatic N) is 4. The van der Waals surface area contributed by atoms with Gasteiger partial charge < -0.3 is 10.1 Å². The average molecular weight is 576 g/mol. The van der Waals surface area contributed by atoms with Gasteiger partial charge in [-0.15, -0.1) is 5.10 Å². The van der Waals surface area contributed by atoms with Crippen molar-refractivity contribution in [3.05, 3.63) is 108 Å². The molecule has 0 aliphatic rings. The van der Waals surface area contributed by atoms with Crippen LogP contribution in [0.4, 0.5) is 0 Å². The van der Waals surface area contributed by atoms with Gasteiger partial charge in [-0.1, -0.05) is 48.5 Å². The largest absolute Gasteiger partial charge is 0.497 e. The maximum Gasteiger partial charge on any atom is 0.227 e. The molecule has 0 fully saturated rings. The van der Waals surface area contributed by atoms with Gasteiger partial charge in [-0.2, -0.15) is 0 Å². The molecule has 2 atom stereocenters. The summed E-state index contributed by atoms with van der Waals surface area (Å²) in [5, 5.41) is 10.0. The van der Waals surface area contributed by atoms with Gasteiger partial charge >= 0.3 is 0 Å². The number of fused-ring (bicyclic) bond motifs is 1. The topological polar surface area (TPSA) is 99.0 Å². The number of rotatable bonds is 12. The zero-order valence-electron chi connectivity index (χ0n) is 25.1. The molecule has 1 N–H and O–H groups in total. The van der Waals surface area contributed by atoms with Crippen LogP contribution in [0.3, 0.4) is 0 Å². The number of hydrogen-bond donors (Lipinski definition) is 1. The van der Waals surface area contributed by atoms with E-state index >= 15 is 0 Å². The van der Waals surface area contributed by atoms with E-state index in [1.54, 1.807) is 24.9 Å². The number of methoxy groups -OCH3 is 1. The zero-order chi connectivity index (χ0) is 30.3. The number of carbonyl (C=O) groups is 2. The second-order valence-corrected chi connectivity index (χ2v) is 10.9. The van der Waals surface area contributed by atoms with Gasteiger partial charge in [-0.05, 0) is 85.3 Å². The average Bonchev–Trinajstić information content (AvgIpc) is 3.41. The molecular weight excluding hydrogens is 538 g/mol. The molecule has 5 rings (SSSR count). The number of aromatic nitrogens is 4. The maximum atomic E-state index is 13.6. The Morgan fingerprint density at radius 2 is 1.72 bits per heavy atom. The van der Waals surface area contributed by atoms with Gasteiger partial charge in [0.15, 0.2) is 11.6 Å². The fraction of sp³-hybridized carbons (Fsp3) is 0.286. The molecule has 8 nitrogen and oxygen atoms in total. The number of pyridine rings is 1. The van der Waals surface area contributed by atoms with Crippen LogP contribution in [-0.2, 0) is 24.7 Å². The number of amides is 1. The zero-order valence-corrected chi connectivity index (χ0v) is 25.1. The number of hydrogen-bond acceptors (Lipinski definition) is 6. The highest BCUT2D eigenvalue weighted by Crippen LogP contribution is 2.26. The smallest absolute Gasteiger partial charge is 0.227 e. The minimum absolute atomic E-state index is 0.0255. The van der Waals surface area contributed by atoms with Crippen molar-refractivity contribution in [2.75, 3.05) is 7.11 Å². The van der Waals surface area contributed by atoms with Crippen molar-refractivity contribution in [1.82, 2.24) is 25.1 Å². The molecule has 0 saturated heterocycles. The first-order valence-electron chi connectivity index (χ1n) is 14.6. The lowest BCUT2D eigenvalue weighted by Crippen LogP contribution is -2.38. The van der Waals surface area contributed by atoms with Crippen molar-refractivity contribution in [3.8, 4) is 17.3 Å². The summed E-state index contributed by atoms with van der Waals surface area (Å²) in [6.07, 6.45) is 4.52. The van der Waals surface area contributed by atoms with E-state index < -0.39 is 0 Å². The Balaban J connectivity index is 1.32. The van der Waals surface area contributed by atoms with Gasteiger partial charge in [0, 0.05) is 31.3 Å². The summed E-state index contributed by atoms with van der Waals surface area (Å²) >= 11 is 0. The molecule has 0 aliphatic carbocycles. The highest BCUT2D eigenvalue weighted by atomic mass is 16.5. The second kappa shape index (κ2) is 13.4. The van der Waals surface area contributed by atoms with Crippen LogP contribution in [0.1, 0.15) is 59.9 Å². The van der Waals surface area contributed by atoms with Crippen LogP contribution in [0.2, 0.25) is 0 Å². The van der Waals surface area contributed by atoms with Crippen LogP contribution in [0.15, 0.2) is 85.1 Å². The number of ketones is 1. The Morgan fingerprint density at radius 1 is 0.930 bits per heavy atom. The van der Waals surface area contributed by atoms with E-state index in [9.17, 15) is 9.59 Å². The van der Waals surface area contributed by atoms with Gasteiger partial charge in [0.2, 0.25) is 5.91 Å². The number of aryl methyl sites for hydroxylation is 3. The Kier molecular flexibility index (Phi) is 9.25. The first-order valence-corrected chi connectivity index (χ1v) is 14.6. The Morgan fingerprint density at radius 3 is 2.49 bits per heavy atom. The highest BCUT2D eigenvalue weighted by Gasteiger charge is 2.21. The van der Waals surface area contributed by atoms with Crippen LogP contribution < -0.4 is 10.1 Å². The van der Waals surface area contributed by atoms with Gasteiger partial charge in [0.1, 0.15) is 17.3 Å². The summed E-state index contributed by atoms with van der Waals surface area (Å²) in [6.45, 7) is 3.52. The molecule has 0 saturated carbocycles. The minimum atomic E-state index is -0.333. The molecule has 0 radical (unpaired) electrons. The molecule has 5 aromatic rings. The molecule has 3 aromatic carbocycles. The maximum absolute atomic E-state index is 13.6. The third-order valence-corrected chi connectivity index (χ3v) is 7.89. The highest BCUT2D eigenvalue weighted by molar-refractivity contribution is 5.94. The van der Waals surface area contributed by atoms with Crippen LogP contribution in [0.25, 0.3) is 22.3 Å². The third-order valence-electron chi connectivity index (χ3n) is 7.89. The Hall–Kier alpha value is -4.85. The molecule has 0 spiro atoms. The van der Waals surface area contributed by atoms with Gasteiger partial charge in [0.05, 0.1) is 13.0 Å². The molecule has 1 amide bonds. The first kappa shape index (κ1) is 29.6. The molecule has 220 valence electrons. The molecule has 8 heteroatoms. The lowest BCUT2D eigenvalue weighted by molar-refractivity contribution is -0.123. The van der Waals surface area contributed by atoms with Crippen LogP contribution in [-0.4, -0.2) is 44.6 Å². The van der Waals surface area contributed by atoms with E-state index in [4.69, 9.17) is 9.72 Å². The monoisotopic (exact) mass is 575 g/mol. The fourth-order valence-electron chi connectivity index (χ4n) is 5.23. The van der Waals surface area contributed by atoms with Crippen molar-refractivity contribution in [2.24, 2.45) is 7.05 Å². The Labute approximate surface area is 252 Å². The number of benzene rings is 3. The molecule has 1 unspecified atom stereocenters. The van der Waals surface area contributed by atoms with Crippen molar-refractivity contribution in [3.63, 3.8) is 0 Å². The van der Waals surface area contributed by atoms with E-state index in [0.717, 1.165) is 52.0 Å². The fourth-order valence-corrected chi connectivity index (χ4v) is 5.23. The van der Waals surface area contributed by atoms with Gasteiger partial charge in [0.25, 0.3) is 0 Å². The van der Waals surface area contributed by atoms with Crippen molar-refractivity contribution in [1.29, 1.82) is 0 Å². The normalized spacial score (nSPS) is 12.6. The summed E-state index contributed by atoms with van der Waals surface area (Å²) in [5.41, 5.74) is 3.45. The predicted octanol–water partition coefficient (Wildman–Crippen LogP) is 6.10. The number of ether oxygens (including phenoxy) is 1. The molecule has 2 heterocycles. The summed E-state index contributed by atoms with van der Waals surface area (Å²) < 4.78 is 7.13. The van der Waals surface area contributed by atoms with E-state index in [1.165, 1.54) is 0 Å². The molecule has 43 heavy (non-hydrogen) atoms. The number of nitrogens with one attached hydrogen (secondary N) is 1. The van der Waals surface area contributed by atoms with E-state index in [-0.39, 0.29) is 23.7 Å². The van der Waals surface area contributed by atoms with Crippen LogP contribution in [0, 0.1) is 0 Å². The van der Waals surface area contributed by atoms with Crippen molar-refractivity contribution in [2.45, 2.75) is 51.5 Å². The standard InChI is InChI=1S/C35H37N5O3/c1-23(26-12-13-29-22-31(43-4)17-14-28(29)21-26)35(42)37-30(15-11-25-8-7-9-27(20-25)24(2)41)16-18-33-38-34(39-40(33)3)32-10-5-6-19-36-32/h5-10,12-14,17,19-23,30H,11,15-16,18H2,1-4H3,(H,37,42)/t23-,30?/m0/s1. The van der Waals surface area contributed by atoms with Gasteiger partial charge in [-0.25, -0.2) is 4.98 Å².